The summed E-state index contributed by atoms with van der Waals surface area (Å²) in [4.78, 5) is 17.8. The van der Waals surface area contributed by atoms with Gasteiger partial charge in [-0.2, -0.15) is 0 Å². The van der Waals surface area contributed by atoms with E-state index in [0.717, 1.165) is 15.9 Å². The minimum Gasteiger partial charge on any atom is -0.384 e. The van der Waals surface area contributed by atoms with Gasteiger partial charge in [0.15, 0.2) is 5.66 Å². The van der Waals surface area contributed by atoms with Crippen molar-refractivity contribution in [2.75, 3.05) is 0 Å². The van der Waals surface area contributed by atoms with Crippen LogP contribution in [0.2, 0.25) is 0 Å². The molecule has 2 atom stereocenters. The fourth-order valence-corrected chi connectivity index (χ4v) is 8.78. The summed E-state index contributed by atoms with van der Waals surface area (Å²) in [7, 11) is -2.36. The molecule has 0 fully saturated rings. The van der Waals surface area contributed by atoms with E-state index in [9.17, 15) is 4.79 Å². The van der Waals surface area contributed by atoms with Gasteiger partial charge in [0.1, 0.15) is 35.1 Å². The Kier molecular flexibility index (Phi) is 4.63. The fourth-order valence-electron chi connectivity index (χ4n) is 4.01. The highest BCUT2D eigenvalue weighted by atomic mass is 31.2. The molecule has 27 heavy (non-hydrogen) atoms. The average Bonchev–Trinajstić information content (AvgIpc) is 2.98. The summed E-state index contributed by atoms with van der Waals surface area (Å²) in [6.07, 6.45) is 0. The number of rotatable bonds is 4. The number of nitrogens with two attached hydrogens (primary N) is 1. The number of nitrogens with zero attached hydrogens (tertiary/aromatic N) is 1. The minimum atomic E-state index is -2.36. The first-order chi connectivity index (χ1) is 13.2. The van der Waals surface area contributed by atoms with Gasteiger partial charge < -0.3 is 5.73 Å². The molecule has 1 aliphatic heterocycles. The van der Waals surface area contributed by atoms with Crippen LogP contribution in [0.3, 0.4) is 0 Å². The van der Waals surface area contributed by atoms with Crippen LogP contribution in [0.5, 0.6) is 0 Å². The van der Waals surface area contributed by atoms with Gasteiger partial charge in [-0.25, -0.2) is 0 Å². The van der Waals surface area contributed by atoms with Gasteiger partial charge in [0.2, 0.25) is 5.78 Å². The third kappa shape index (κ3) is 2.79. The zero-order chi connectivity index (χ0) is 18.9. The molecule has 134 valence electrons. The van der Waals surface area contributed by atoms with Gasteiger partial charge in [-0.1, -0.05) is 54.6 Å². The van der Waals surface area contributed by atoms with Crippen LogP contribution in [0, 0.1) is 0 Å². The molecule has 0 bridgehead atoms. The van der Waals surface area contributed by atoms with Gasteiger partial charge in [-0.3, -0.25) is 9.79 Å². The number of hydrogen-bond acceptors (Lipinski definition) is 3. The Labute approximate surface area is 160 Å². The Morgan fingerprint density at radius 2 is 1.11 bits per heavy atom. The highest BCUT2D eigenvalue weighted by Gasteiger charge is 2.60. The van der Waals surface area contributed by atoms with E-state index in [1.54, 1.807) is 0 Å². The van der Waals surface area contributed by atoms with Crippen molar-refractivity contribution in [1.29, 1.82) is 0 Å². The molecule has 2 N–H and O–H groups in total. The van der Waals surface area contributed by atoms with Gasteiger partial charge in [0.25, 0.3) is 0 Å². The number of aliphatic imine (C=N–C) groups is 1. The summed E-state index contributed by atoms with van der Waals surface area (Å²) in [5.41, 5.74) is 5.98. The molecule has 2 unspecified atom stereocenters. The van der Waals surface area contributed by atoms with E-state index in [0.29, 0.717) is 5.84 Å². The maximum Gasteiger partial charge on any atom is 0.205 e. The molecule has 0 aliphatic carbocycles. The topological polar surface area (TPSA) is 55.4 Å². The lowest BCUT2D eigenvalue weighted by molar-refractivity contribution is -0.117. The zero-order valence-electron chi connectivity index (χ0n) is 15.2. The normalized spacial score (nSPS) is 19.7. The molecular formula is C23H22N2OP+. The Hall–Kier alpha value is -2.77. The van der Waals surface area contributed by atoms with E-state index in [1.165, 1.54) is 0 Å². The van der Waals surface area contributed by atoms with E-state index >= 15 is 0 Å². The van der Waals surface area contributed by atoms with Gasteiger partial charge in [0, 0.05) is 0 Å². The van der Waals surface area contributed by atoms with Gasteiger partial charge in [-0.05, 0) is 43.3 Å². The number of benzene rings is 3. The number of carbonyl (C=O) groups excluding carboxylic acids is 1. The highest BCUT2D eigenvalue weighted by Crippen LogP contribution is 2.61. The first-order valence-electron chi connectivity index (χ1n) is 9.08. The van der Waals surface area contributed by atoms with E-state index in [4.69, 9.17) is 5.73 Å². The van der Waals surface area contributed by atoms with Crippen LogP contribution in [0.4, 0.5) is 0 Å². The smallest absolute Gasteiger partial charge is 0.205 e. The molecule has 4 rings (SSSR count). The SMILES string of the molecule is CC1N=C(N)C([P+](c2ccccc2)(c2ccccc2)c2ccccc2)C1=O. The van der Waals surface area contributed by atoms with Crippen molar-refractivity contribution in [2.24, 2.45) is 10.7 Å². The molecule has 0 amide bonds. The van der Waals surface area contributed by atoms with Gasteiger partial charge >= 0.3 is 0 Å². The van der Waals surface area contributed by atoms with Gasteiger partial charge in [-0.15, -0.1) is 0 Å². The number of Topliss-reactive ketones (excluding diaryl/α,β-unsaturated/α-hetero) is 1. The summed E-state index contributed by atoms with van der Waals surface area (Å²) in [5, 5.41) is 3.44. The van der Waals surface area contributed by atoms with Crippen molar-refractivity contribution in [1.82, 2.24) is 0 Å². The first-order valence-corrected chi connectivity index (χ1v) is 10.9. The van der Waals surface area contributed by atoms with Crippen molar-refractivity contribution in [2.45, 2.75) is 18.6 Å². The maximum absolute atomic E-state index is 13.3. The van der Waals surface area contributed by atoms with Crippen molar-refractivity contribution < 1.29 is 4.79 Å². The average molecular weight is 373 g/mol. The summed E-state index contributed by atoms with van der Waals surface area (Å²) >= 11 is 0. The van der Waals surface area contributed by atoms with E-state index in [-0.39, 0.29) is 5.78 Å². The molecule has 0 radical (unpaired) electrons. The molecule has 3 aromatic carbocycles. The third-order valence-corrected chi connectivity index (χ3v) is 9.81. The van der Waals surface area contributed by atoms with Crippen LogP contribution in [0.15, 0.2) is 96.0 Å². The molecule has 0 saturated carbocycles. The molecule has 0 aromatic heterocycles. The standard InChI is InChI=1S/C23H22N2OP/c1-17-21(26)22(23(24)25-17)27(18-11-5-2-6-12-18,19-13-7-3-8-14-19)20-15-9-4-10-16-20/h2-17,22H,1H3,(H2,24,25)/q+1. The molecule has 0 saturated heterocycles. The molecule has 3 nitrogen and oxygen atoms in total. The number of hydrogen-bond donors (Lipinski definition) is 1. The van der Waals surface area contributed by atoms with Crippen LogP contribution in [0.25, 0.3) is 0 Å². The summed E-state index contributed by atoms with van der Waals surface area (Å²) in [6, 6.07) is 30.6. The monoisotopic (exact) mass is 373 g/mol. The van der Waals surface area contributed by atoms with E-state index < -0.39 is 19.0 Å². The zero-order valence-corrected chi connectivity index (χ0v) is 16.1. The first kappa shape index (κ1) is 17.6. The van der Waals surface area contributed by atoms with Crippen LogP contribution < -0.4 is 21.6 Å². The van der Waals surface area contributed by atoms with Crippen molar-refractivity contribution in [3.05, 3.63) is 91.0 Å². The molecule has 0 spiro atoms. The Balaban J connectivity index is 2.11. The van der Waals surface area contributed by atoms with E-state index in [2.05, 4.69) is 41.4 Å². The van der Waals surface area contributed by atoms with Crippen molar-refractivity contribution in [3.63, 3.8) is 0 Å². The molecule has 4 heteroatoms. The van der Waals surface area contributed by atoms with Crippen molar-refractivity contribution in [3.8, 4) is 0 Å². The minimum absolute atomic E-state index is 0.109. The molecular weight excluding hydrogens is 351 g/mol. The second kappa shape index (κ2) is 7.09. The maximum atomic E-state index is 13.3. The predicted molar refractivity (Wildman–Crippen MR) is 115 cm³/mol. The van der Waals surface area contributed by atoms with Crippen LogP contribution in [-0.4, -0.2) is 23.3 Å². The van der Waals surface area contributed by atoms with Crippen LogP contribution in [-0.2, 0) is 4.79 Å². The predicted octanol–water partition coefficient (Wildman–Crippen LogP) is 2.68. The van der Waals surface area contributed by atoms with Crippen LogP contribution in [0.1, 0.15) is 6.92 Å². The number of amidine groups is 1. The fraction of sp³-hybridized carbons (Fsp3) is 0.130. The Morgan fingerprint density at radius 3 is 1.41 bits per heavy atom. The van der Waals surface area contributed by atoms with E-state index in [1.807, 2.05) is 61.5 Å². The highest BCUT2D eigenvalue weighted by molar-refractivity contribution is 7.97. The summed E-state index contributed by atoms with van der Waals surface area (Å²) in [5.74, 6) is 0.565. The second-order valence-electron chi connectivity index (χ2n) is 6.76. The lowest BCUT2D eigenvalue weighted by Crippen LogP contribution is -2.47. The van der Waals surface area contributed by atoms with Crippen LogP contribution >= 0.6 is 7.26 Å². The molecule has 1 aliphatic rings. The van der Waals surface area contributed by atoms with Crippen molar-refractivity contribution >= 4 is 34.8 Å². The second-order valence-corrected chi connectivity index (χ2v) is 10.3. The third-order valence-electron chi connectivity index (χ3n) is 5.18. The summed E-state index contributed by atoms with van der Waals surface area (Å²) < 4.78 is 0. The Bertz CT molecular complexity index is 874. The lowest BCUT2D eigenvalue weighted by atomic mass is 10.2. The summed E-state index contributed by atoms with van der Waals surface area (Å²) in [6.45, 7) is 1.84. The number of ketones is 1. The van der Waals surface area contributed by atoms with Gasteiger partial charge in [0.05, 0.1) is 0 Å². The molecule has 1 heterocycles. The lowest BCUT2D eigenvalue weighted by Gasteiger charge is -2.31. The largest absolute Gasteiger partial charge is 0.384 e. The molecule has 3 aromatic rings. The Morgan fingerprint density at radius 1 is 0.741 bits per heavy atom. The number of carbonyl (C=O) groups is 1. The quantitative estimate of drug-likeness (QED) is 0.715.